The summed E-state index contributed by atoms with van der Waals surface area (Å²) in [5.74, 6) is -0.903. The zero-order valence-electron chi connectivity index (χ0n) is 10.5. The number of ether oxygens (including phenoxy) is 2. The number of carboxylic acids is 1. The van der Waals surface area contributed by atoms with Crippen LogP contribution in [0.25, 0.3) is 0 Å². The molecule has 0 aromatic heterocycles. The number of hydrogen-bond acceptors (Lipinski definition) is 3. The van der Waals surface area contributed by atoms with E-state index >= 15 is 0 Å². The van der Waals surface area contributed by atoms with Gasteiger partial charge < -0.3 is 14.6 Å². The van der Waals surface area contributed by atoms with E-state index in [9.17, 15) is 4.79 Å². The van der Waals surface area contributed by atoms with Gasteiger partial charge in [0.1, 0.15) is 0 Å². The Labute approximate surface area is 107 Å². The van der Waals surface area contributed by atoms with E-state index in [0.29, 0.717) is 5.56 Å². The number of rotatable bonds is 4. The van der Waals surface area contributed by atoms with Crippen molar-refractivity contribution in [2.45, 2.75) is 32.0 Å². The molecule has 1 heterocycles. The molecule has 18 heavy (non-hydrogen) atoms. The molecule has 0 aliphatic carbocycles. The summed E-state index contributed by atoms with van der Waals surface area (Å²) >= 11 is 0. The highest BCUT2D eigenvalue weighted by Gasteiger charge is 2.18. The smallest absolute Gasteiger partial charge is 0.335 e. The van der Waals surface area contributed by atoms with Crippen LogP contribution in [0.4, 0.5) is 0 Å². The van der Waals surface area contributed by atoms with Crippen molar-refractivity contribution in [1.29, 1.82) is 0 Å². The van der Waals surface area contributed by atoms with Crippen LogP contribution < -0.4 is 0 Å². The summed E-state index contributed by atoms with van der Waals surface area (Å²) in [6, 6.07) is 6.85. The molecular weight excluding hydrogens is 232 g/mol. The van der Waals surface area contributed by atoms with Gasteiger partial charge in [0.05, 0.1) is 17.8 Å². The van der Waals surface area contributed by atoms with Crippen molar-refractivity contribution in [2.24, 2.45) is 0 Å². The van der Waals surface area contributed by atoms with E-state index in [0.717, 1.165) is 31.6 Å². The molecule has 0 spiro atoms. The van der Waals surface area contributed by atoms with Crippen molar-refractivity contribution < 1.29 is 19.4 Å². The predicted molar refractivity (Wildman–Crippen MR) is 66.7 cm³/mol. The second-order valence-corrected chi connectivity index (χ2v) is 4.52. The molecule has 0 bridgehead atoms. The van der Waals surface area contributed by atoms with Crippen LogP contribution in [0.5, 0.6) is 0 Å². The zero-order valence-corrected chi connectivity index (χ0v) is 10.5. The molecule has 0 saturated carbocycles. The standard InChI is InChI=1S/C14H18O4/c1-10(18-13-6-8-17-9-7-13)11-2-4-12(5-3-11)14(15)16/h2-5,10,13H,6-9H2,1H3,(H,15,16). The van der Waals surface area contributed by atoms with E-state index < -0.39 is 5.97 Å². The summed E-state index contributed by atoms with van der Waals surface area (Å²) in [4.78, 5) is 10.8. The molecule has 4 nitrogen and oxygen atoms in total. The SMILES string of the molecule is CC(OC1CCOCC1)c1ccc(C(=O)O)cc1. The summed E-state index contributed by atoms with van der Waals surface area (Å²) in [6.45, 7) is 3.51. The fraction of sp³-hybridized carbons (Fsp3) is 0.500. The molecule has 1 unspecified atom stereocenters. The maximum Gasteiger partial charge on any atom is 0.335 e. The van der Waals surface area contributed by atoms with E-state index in [-0.39, 0.29) is 12.2 Å². The fourth-order valence-electron chi connectivity index (χ4n) is 2.08. The average Bonchev–Trinajstić information content (AvgIpc) is 2.40. The first-order chi connectivity index (χ1) is 8.66. The van der Waals surface area contributed by atoms with E-state index in [1.54, 1.807) is 12.1 Å². The lowest BCUT2D eigenvalue weighted by Crippen LogP contribution is -2.24. The summed E-state index contributed by atoms with van der Waals surface area (Å²) in [5.41, 5.74) is 1.31. The Morgan fingerprint density at radius 1 is 1.33 bits per heavy atom. The molecule has 1 aliphatic heterocycles. The van der Waals surface area contributed by atoms with Gasteiger partial charge in [-0.1, -0.05) is 12.1 Å². The van der Waals surface area contributed by atoms with E-state index in [1.807, 2.05) is 19.1 Å². The number of aromatic carboxylic acids is 1. The van der Waals surface area contributed by atoms with Gasteiger partial charge in [0.25, 0.3) is 0 Å². The Morgan fingerprint density at radius 3 is 2.50 bits per heavy atom. The molecule has 4 heteroatoms. The molecule has 2 rings (SSSR count). The highest BCUT2D eigenvalue weighted by atomic mass is 16.5. The van der Waals surface area contributed by atoms with E-state index in [1.165, 1.54) is 0 Å². The lowest BCUT2D eigenvalue weighted by Gasteiger charge is -2.26. The van der Waals surface area contributed by atoms with Crippen LogP contribution in [0.3, 0.4) is 0 Å². The molecule has 1 aromatic rings. The largest absolute Gasteiger partial charge is 0.478 e. The summed E-state index contributed by atoms with van der Waals surface area (Å²) < 4.78 is 11.2. The van der Waals surface area contributed by atoms with Gasteiger partial charge in [-0.3, -0.25) is 0 Å². The third-order valence-electron chi connectivity index (χ3n) is 3.19. The number of carbonyl (C=O) groups is 1. The van der Waals surface area contributed by atoms with Crippen LogP contribution in [-0.4, -0.2) is 30.4 Å². The normalized spacial score (nSPS) is 18.5. The summed E-state index contributed by atoms with van der Waals surface area (Å²) in [7, 11) is 0. The van der Waals surface area contributed by atoms with Crippen LogP contribution >= 0.6 is 0 Å². The lowest BCUT2D eigenvalue weighted by atomic mass is 10.1. The molecule has 0 amide bonds. The van der Waals surface area contributed by atoms with Crippen LogP contribution in [-0.2, 0) is 9.47 Å². The third kappa shape index (κ3) is 3.31. The molecule has 0 radical (unpaired) electrons. The van der Waals surface area contributed by atoms with Gasteiger partial charge in [-0.25, -0.2) is 4.79 Å². The molecule has 1 saturated heterocycles. The van der Waals surface area contributed by atoms with Crippen molar-refractivity contribution in [1.82, 2.24) is 0 Å². The van der Waals surface area contributed by atoms with E-state index in [2.05, 4.69) is 0 Å². The van der Waals surface area contributed by atoms with Crippen molar-refractivity contribution in [2.75, 3.05) is 13.2 Å². The molecule has 1 atom stereocenters. The zero-order chi connectivity index (χ0) is 13.0. The minimum atomic E-state index is -0.903. The van der Waals surface area contributed by atoms with Gasteiger partial charge in [-0.15, -0.1) is 0 Å². The fourth-order valence-corrected chi connectivity index (χ4v) is 2.08. The van der Waals surface area contributed by atoms with Gasteiger partial charge in [0.15, 0.2) is 0 Å². The van der Waals surface area contributed by atoms with Crippen molar-refractivity contribution >= 4 is 5.97 Å². The monoisotopic (exact) mass is 250 g/mol. The Kier molecular flexibility index (Phi) is 4.33. The van der Waals surface area contributed by atoms with Crippen LogP contribution in [0, 0.1) is 0 Å². The van der Waals surface area contributed by atoms with Crippen LogP contribution in [0.15, 0.2) is 24.3 Å². The van der Waals surface area contributed by atoms with E-state index in [4.69, 9.17) is 14.6 Å². The van der Waals surface area contributed by atoms with Crippen molar-refractivity contribution in [3.63, 3.8) is 0 Å². The highest BCUT2D eigenvalue weighted by molar-refractivity contribution is 5.87. The Bertz CT molecular complexity index is 393. The van der Waals surface area contributed by atoms with Gasteiger partial charge in [-0.2, -0.15) is 0 Å². The summed E-state index contributed by atoms with van der Waals surface area (Å²) in [5, 5.41) is 8.83. The third-order valence-corrected chi connectivity index (χ3v) is 3.19. The predicted octanol–water partition coefficient (Wildman–Crippen LogP) is 2.64. The maximum atomic E-state index is 10.8. The average molecular weight is 250 g/mol. The number of hydrogen-bond donors (Lipinski definition) is 1. The first-order valence-corrected chi connectivity index (χ1v) is 6.23. The van der Waals surface area contributed by atoms with Crippen LogP contribution in [0.1, 0.15) is 41.8 Å². The second kappa shape index (κ2) is 5.98. The number of benzene rings is 1. The lowest BCUT2D eigenvalue weighted by molar-refractivity contribution is -0.0636. The quantitative estimate of drug-likeness (QED) is 0.892. The highest BCUT2D eigenvalue weighted by Crippen LogP contribution is 2.23. The first kappa shape index (κ1) is 13.1. The molecule has 1 N–H and O–H groups in total. The molecule has 1 fully saturated rings. The Hall–Kier alpha value is -1.39. The van der Waals surface area contributed by atoms with Crippen LogP contribution in [0.2, 0.25) is 0 Å². The first-order valence-electron chi connectivity index (χ1n) is 6.23. The van der Waals surface area contributed by atoms with Crippen molar-refractivity contribution in [3.8, 4) is 0 Å². The minimum absolute atomic E-state index is 0.0176. The molecular formula is C14H18O4. The summed E-state index contributed by atoms with van der Waals surface area (Å²) in [6.07, 6.45) is 2.08. The molecule has 98 valence electrons. The maximum absolute atomic E-state index is 10.8. The minimum Gasteiger partial charge on any atom is -0.478 e. The van der Waals surface area contributed by atoms with Gasteiger partial charge >= 0.3 is 5.97 Å². The van der Waals surface area contributed by atoms with Crippen molar-refractivity contribution in [3.05, 3.63) is 35.4 Å². The van der Waals surface area contributed by atoms with Gasteiger partial charge in [-0.05, 0) is 37.5 Å². The second-order valence-electron chi connectivity index (χ2n) is 4.52. The Morgan fingerprint density at radius 2 is 1.94 bits per heavy atom. The van der Waals surface area contributed by atoms with Gasteiger partial charge in [0.2, 0.25) is 0 Å². The Balaban J connectivity index is 1.95. The molecule has 1 aliphatic rings. The topological polar surface area (TPSA) is 55.8 Å². The molecule has 1 aromatic carbocycles. The number of carboxylic acid groups (broad SMARTS) is 1. The van der Waals surface area contributed by atoms with Gasteiger partial charge in [0, 0.05) is 13.2 Å².